The van der Waals surface area contributed by atoms with Crippen molar-refractivity contribution in [3.05, 3.63) is 6.08 Å². The Labute approximate surface area is 41.4 Å². The normalized spacial score (nSPS) is 16.0. The van der Waals surface area contributed by atoms with Crippen molar-refractivity contribution in [1.82, 2.24) is 5.43 Å². The number of rotatable bonds is 0. The maximum absolute atomic E-state index is 3.82. The summed E-state index contributed by atoms with van der Waals surface area (Å²) < 4.78 is 0. The van der Waals surface area contributed by atoms with Gasteiger partial charge in [0.15, 0.2) is 0 Å². The molecule has 0 saturated carbocycles. The van der Waals surface area contributed by atoms with Crippen molar-refractivity contribution in [2.24, 2.45) is 10.1 Å². The van der Waals surface area contributed by atoms with Crippen LogP contribution >= 0.6 is 0 Å². The van der Waals surface area contributed by atoms with Crippen molar-refractivity contribution >= 4 is 12.1 Å². The number of aliphatic imine (C=N–C) groups is 1. The second-order valence-corrected chi connectivity index (χ2v) is 1.06. The molecule has 0 saturated heterocycles. The van der Waals surface area contributed by atoms with Crippen LogP contribution in [0.4, 0.5) is 0 Å². The smallest absolute Gasteiger partial charge is 0.124 e. The Balaban J connectivity index is 2.65. The van der Waals surface area contributed by atoms with Crippen LogP contribution in [0.1, 0.15) is 0 Å². The lowest BCUT2D eigenvalue weighted by Crippen LogP contribution is -2.01. The van der Waals surface area contributed by atoms with E-state index in [4.69, 9.17) is 0 Å². The Hall–Kier alpha value is -1.08. The summed E-state index contributed by atoms with van der Waals surface area (Å²) in [5, 5.41) is 3.59. The number of hydrogen-bond donors (Lipinski definition) is 1. The molecule has 1 rings (SSSR count). The molecule has 0 fully saturated rings. The van der Waals surface area contributed by atoms with Gasteiger partial charge in [0.25, 0.3) is 0 Å². The summed E-state index contributed by atoms with van der Waals surface area (Å²) in [5.74, 6) is 2.59. The first-order valence-electron chi connectivity index (χ1n) is 2.00. The minimum atomic E-state index is 0.559. The van der Waals surface area contributed by atoms with Gasteiger partial charge in [0.1, 0.15) is 6.67 Å². The van der Waals surface area contributed by atoms with Crippen molar-refractivity contribution in [3.63, 3.8) is 0 Å². The quantitative estimate of drug-likeness (QED) is 0.443. The molecule has 0 unspecified atom stereocenters. The first kappa shape index (κ1) is 4.09. The fourth-order valence-corrected chi connectivity index (χ4v) is 0.298. The average molecular weight is 95.1 g/mol. The Kier molecular flexibility index (Phi) is 1.26. The molecule has 0 spiro atoms. The molecule has 3 nitrogen and oxygen atoms in total. The second-order valence-electron chi connectivity index (χ2n) is 1.06. The van der Waals surface area contributed by atoms with E-state index in [-0.39, 0.29) is 0 Å². The number of allylic oxidation sites excluding steroid dienone is 1. The molecule has 0 radical (unpaired) electrons. The molecule has 1 N–H and O–H groups in total. The van der Waals surface area contributed by atoms with Crippen LogP contribution in [-0.2, 0) is 0 Å². The van der Waals surface area contributed by atoms with E-state index < -0.39 is 0 Å². The van der Waals surface area contributed by atoms with Gasteiger partial charge in [0.05, 0.1) is 0 Å². The van der Waals surface area contributed by atoms with Gasteiger partial charge in [-0.2, -0.15) is 0 Å². The summed E-state index contributed by atoms with van der Waals surface area (Å²) in [4.78, 5) is 3.82. The van der Waals surface area contributed by atoms with E-state index in [0.717, 1.165) is 0 Å². The van der Waals surface area contributed by atoms with Crippen LogP contribution in [-0.4, -0.2) is 18.8 Å². The summed E-state index contributed by atoms with van der Waals surface area (Å²) in [7, 11) is 0. The van der Waals surface area contributed by atoms with Crippen molar-refractivity contribution in [1.29, 1.82) is 0 Å². The number of nitrogens with zero attached hydrogens (tertiary/aromatic N) is 2. The zero-order valence-electron chi connectivity index (χ0n) is 3.76. The molecule has 0 aliphatic carbocycles. The van der Waals surface area contributed by atoms with E-state index in [2.05, 4.69) is 21.4 Å². The van der Waals surface area contributed by atoms with Crippen LogP contribution in [0.3, 0.4) is 0 Å². The molecule has 0 aromatic carbocycles. The highest BCUT2D eigenvalue weighted by atomic mass is 15.3. The molecular weight excluding hydrogens is 90.1 g/mol. The highest BCUT2D eigenvalue weighted by Gasteiger charge is 1.71. The molecule has 0 aromatic rings. The van der Waals surface area contributed by atoms with E-state index in [0.29, 0.717) is 6.67 Å². The standard InChI is InChI=1S/C4H5N3/c1-2-5-4-7-6-3-1/h1-2,7H,4H2. The fraction of sp³-hybridized carbons (Fsp3) is 0.250. The van der Waals surface area contributed by atoms with Crippen LogP contribution in [0.15, 0.2) is 16.2 Å². The minimum Gasteiger partial charge on any atom is -0.281 e. The van der Waals surface area contributed by atoms with Gasteiger partial charge in [-0.25, -0.2) is 0 Å². The summed E-state index contributed by atoms with van der Waals surface area (Å²) in [6, 6.07) is 0. The monoisotopic (exact) mass is 95.0 g/mol. The van der Waals surface area contributed by atoms with E-state index >= 15 is 0 Å². The van der Waals surface area contributed by atoms with Gasteiger partial charge in [0.2, 0.25) is 0 Å². The van der Waals surface area contributed by atoms with Crippen molar-refractivity contribution in [2.45, 2.75) is 0 Å². The highest BCUT2D eigenvalue weighted by molar-refractivity contribution is 5.83. The maximum atomic E-state index is 3.82. The molecule has 36 valence electrons. The van der Waals surface area contributed by atoms with Crippen LogP contribution in [0.25, 0.3) is 0 Å². The first-order chi connectivity index (χ1) is 3.50. The van der Waals surface area contributed by atoms with E-state index in [9.17, 15) is 0 Å². The number of hydrazone groups is 1. The Morgan fingerprint density at radius 1 is 1.71 bits per heavy atom. The molecule has 0 atom stereocenters. The molecule has 1 heterocycles. The predicted octanol–water partition coefficient (Wildman–Crippen LogP) is -0.241. The van der Waals surface area contributed by atoms with Crippen LogP contribution in [0.2, 0.25) is 0 Å². The summed E-state index contributed by atoms with van der Waals surface area (Å²) in [5.41, 5.74) is 2.63. The topological polar surface area (TPSA) is 36.8 Å². The van der Waals surface area contributed by atoms with E-state index in [1.54, 1.807) is 12.3 Å². The van der Waals surface area contributed by atoms with Gasteiger partial charge in [-0.1, -0.05) is 0 Å². The lowest BCUT2D eigenvalue weighted by atomic mass is 10.7. The Morgan fingerprint density at radius 2 is 2.71 bits per heavy atom. The van der Waals surface area contributed by atoms with Gasteiger partial charge in [-0.15, -0.1) is 5.10 Å². The zero-order valence-corrected chi connectivity index (χ0v) is 3.76. The first-order valence-corrected chi connectivity index (χ1v) is 2.00. The largest absolute Gasteiger partial charge is 0.281 e. The summed E-state index contributed by atoms with van der Waals surface area (Å²) >= 11 is 0. The maximum Gasteiger partial charge on any atom is 0.124 e. The third-order valence-corrected chi connectivity index (χ3v) is 0.560. The van der Waals surface area contributed by atoms with Gasteiger partial charge in [0, 0.05) is 18.2 Å². The molecule has 3 heteroatoms. The zero-order chi connectivity index (χ0) is 4.95. The lowest BCUT2D eigenvalue weighted by molar-refractivity contribution is 0.772. The van der Waals surface area contributed by atoms with Crippen molar-refractivity contribution in [3.8, 4) is 0 Å². The van der Waals surface area contributed by atoms with Gasteiger partial charge < -0.3 is 0 Å². The number of hydrogen-bond acceptors (Lipinski definition) is 3. The highest BCUT2D eigenvalue weighted by Crippen LogP contribution is 1.66. The third kappa shape index (κ3) is 1.20. The molecule has 0 amide bonds. The van der Waals surface area contributed by atoms with Crippen LogP contribution < -0.4 is 5.43 Å². The third-order valence-electron chi connectivity index (χ3n) is 0.560. The predicted molar refractivity (Wildman–Crippen MR) is 28.5 cm³/mol. The van der Waals surface area contributed by atoms with Gasteiger partial charge in [-0.3, -0.25) is 10.4 Å². The minimum absolute atomic E-state index is 0.559. The van der Waals surface area contributed by atoms with Crippen LogP contribution in [0, 0.1) is 0 Å². The molecular formula is C4H5N3. The molecule has 0 bridgehead atoms. The average Bonchev–Trinajstić information content (AvgIpc) is 1.90. The molecule has 0 aromatic heterocycles. The SMILES string of the molecule is C1=CC=NCNN=1. The van der Waals surface area contributed by atoms with Gasteiger partial charge >= 0.3 is 0 Å². The van der Waals surface area contributed by atoms with Crippen LogP contribution in [0.5, 0.6) is 0 Å². The van der Waals surface area contributed by atoms with E-state index in [1.165, 1.54) is 0 Å². The summed E-state index contributed by atoms with van der Waals surface area (Å²) in [6.07, 6.45) is 3.31. The van der Waals surface area contributed by atoms with Gasteiger partial charge in [-0.05, 0) is 0 Å². The Bertz CT molecular complexity index is 130. The summed E-state index contributed by atoms with van der Waals surface area (Å²) in [6.45, 7) is 0.559. The second kappa shape index (κ2) is 2.16. The molecule has 7 heavy (non-hydrogen) atoms. The van der Waals surface area contributed by atoms with Crippen molar-refractivity contribution < 1.29 is 0 Å². The Morgan fingerprint density at radius 3 is 3.71 bits per heavy atom. The molecule has 1 aliphatic heterocycles. The lowest BCUT2D eigenvalue weighted by Gasteiger charge is -1.83. The fourth-order valence-electron chi connectivity index (χ4n) is 0.298. The van der Waals surface area contributed by atoms with Crippen molar-refractivity contribution in [2.75, 3.05) is 6.67 Å². The number of nitrogens with one attached hydrogen (secondary N) is 1. The molecule has 1 aliphatic rings. The van der Waals surface area contributed by atoms with E-state index in [1.807, 2.05) is 0 Å².